The molecule has 0 aromatic heterocycles. The van der Waals surface area contributed by atoms with E-state index in [2.05, 4.69) is 13.0 Å². The van der Waals surface area contributed by atoms with Crippen molar-refractivity contribution in [2.75, 3.05) is 7.11 Å². The average molecular weight is 206 g/mol. The Bertz CT molecular complexity index is 356. The molecule has 15 heavy (non-hydrogen) atoms. The Morgan fingerprint density at radius 3 is 2.67 bits per heavy atom. The van der Waals surface area contributed by atoms with Gasteiger partial charge in [-0.15, -0.1) is 0 Å². The summed E-state index contributed by atoms with van der Waals surface area (Å²) in [4.78, 5) is 11.1. The first-order valence-corrected chi connectivity index (χ1v) is 5.18. The van der Waals surface area contributed by atoms with Crippen molar-refractivity contribution < 1.29 is 9.53 Å². The van der Waals surface area contributed by atoms with Crippen LogP contribution >= 0.6 is 0 Å². The first-order chi connectivity index (χ1) is 7.04. The van der Waals surface area contributed by atoms with Crippen LogP contribution in [0.25, 0.3) is 0 Å². The van der Waals surface area contributed by atoms with E-state index >= 15 is 0 Å². The Morgan fingerprint density at radius 2 is 2.13 bits per heavy atom. The monoisotopic (exact) mass is 206 g/mol. The van der Waals surface area contributed by atoms with Gasteiger partial charge < -0.3 is 9.53 Å². The van der Waals surface area contributed by atoms with Gasteiger partial charge in [0.05, 0.1) is 7.11 Å². The minimum Gasteiger partial charge on any atom is -0.496 e. The molecule has 0 aliphatic heterocycles. The molecule has 82 valence electrons. The number of Topliss-reactive ketones (excluding diaryl/α,β-unsaturated/α-hetero) is 1. The molecule has 2 nitrogen and oxygen atoms in total. The second-order valence-electron chi connectivity index (χ2n) is 4.05. The first kappa shape index (κ1) is 11.8. The Hall–Kier alpha value is -1.31. The third-order valence-corrected chi connectivity index (χ3v) is 2.51. The number of carbonyl (C=O) groups excluding carboxylic acids is 1. The molecule has 2 heteroatoms. The Morgan fingerprint density at radius 1 is 1.47 bits per heavy atom. The van der Waals surface area contributed by atoms with Gasteiger partial charge in [-0.05, 0) is 31.4 Å². The van der Waals surface area contributed by atoms with Crippen LogP contribution in [0.3, 0.4) is 0 Å². The van der Waals surface area contributed by atoms with Gasteiger partial charge in [-0.2, -0.15) is 0 Å². The number of rotatable bonds is 4. The fourth-order valence-electron chi connectivity index (χ4n) is 1.78. The molecule has 0 aliphatic carbocycles. The van der Waals surface area contributed by atoms with Crippen LogP contribution in [0.5, 0.6) is 5.75 Å². The summed E-state index contributed by atoms with van der Waals surface area (Å²) in [5, 5.41) is 0. The van der Waals surface area contributed by atoms with Gasteiger partial charge in [0.25, 0.3) is 0 Å². The topological polar surface area (TPSA) is 26.3 Å². The van der Waals surface area contributed by atoms with Gasteiger partial charge in [-0.25, -0.2) is 0 Å². The van der Waals surface area contributed by atoms with Gasteiger partial charge in [0.2, 0.25) is 0 Å². The van der Waals surface area contributed by atoms with E-state index in [0.717, 1.165) is 11.3 Å². The van der Waals surface area contributed by atoms with Crippen LogP contribution < -0.4 is 4.74 Å². The molecule has 0 bridgehead atoms. The lowest BCUT2D eigenvalue weighted by Gasteiger charge is -2.15. The van der Waals surface area contributed by atoms with E-state index in [9.17, 15) is 4.79 Å². The molecule has 1 atom stereocenters. The van der Waals surface area contributed by atoms with E-state index in [-0.39, 0.29) is 11.7 Å². The predicted molar refractivity (Wildman–Crippen MR) is 61.4 cm³/mol. The van der Waals surface area contributed by atoms with Crippen LogP contribution in [0.15, 0.2) is 18.2 Å². The van der Waals surface area contributed by atoms with Crippen LogP contribution in [0.1, 0.15) is 37.3 Å². The highest BCUT2D eigenvalue weighted by Crippen LogP contribution is 2.29. The van der Waals surface area contributed by atoms with Crippen molar-refractivity contribution in [2.24, 2.45) is 0 Å². The highest BCUT2D eigenvalue weighted by atomic mass is 16.5. The van der Waals surface area contributed by atoms with Crippen molar-refractivity contribution in [3.05, 3.63) is 29.3 Å². The van der Waals surface area contributed by atoms with E-state index < -0.39 is 0 Å². The van der Waals surface area contributed by atoms with Gasteiger partial charge in [0.1, 0.15) is 11.5 Å². The quantitative estimate of drug-likeness (QED) is 0.756. The highest BCUT2D eigenvalue weighted by molar-refractivity contribution is 5.76. The summed E-state index contributed by atoms with van der Waals surface area (Å²) in [7, 11) is 1.66. The van der Waals surface area contributed by atoms with E-state index in [1.807, 2.05) is 19.1 Å². The van der Waals surface area contributed by atoms with E-state index in [1.165, 1.54) is 5.56 Å². The van der Waals surface area contributed by atoms with Gasteiger partial charge in [0.15, 0.2) is 0 Å². The zero-order valence-electron chi connectivity index (χ0n) is 9.83. The molecule has 0 heterocycles. The number of ether oxygens (including phenoxy) is 1. The standard InChI is InChI=1S/C13H18O2/c1-9-5-6-13(15-4)12(7-9)10(2)8-11(3)14/h5-7,10H,8H2,1-4H3. The zero-order valence-corrected chi connectivity index (χ0v) is 9.83. The first-order valence-electron chi connectivity index (χ1n) is 5.18. The molecule has 0 radical (unpaired) electrons. The number of carbonyl (C=O) groups is 1. The highest BCUT2D eigenvalue weighted by Gasteiger charge is 2.13. The Kier molecular flexibility index (Phi) is 3.89. The molecule has 1 rings (SSSR count). The van der Waals surface area contributed by atoms with E-state index in [4.69, 9.17) is 4.74 Å². The summed E-state index contributed by atoms with van der Waals surface area (Å²) in [6, 6.07) is 6.07. The van der Waals surface area contributed by atoms with Crippen molar-refractivity contribution in [2.45, 2.75) is 33.1 Å². The van der Waals surface area contributed by atoms with Crippen molar-refractivity contribution >= 4 is 5.78 Å². The van der Waals surface area contributed by atoms with Crippen LogP contribution in [0.4, 0.5) is 0 Å². The molecule has 0 saturated carbocycles. The molecule has 0 N–H and O–H groups in total. The molecule has 1 aromatic rings. The minimum atomic E-state index is 0.214. The molecule has 0 saturated heterocycles. The van der Waals surface area contributed by atoms with Gasteiger partial charge in [-0.3, -0.25) is 0 Å². The van der Waals surface area contributed by atoms with Crippen molar-refractivity contribution in [3.63, 3.8) is 0 Å². The maximum absolute atomic E-state index is 11.1. The predicted octanol–water partition coefficient (Wildman–Crippen LogP) is 3.09. The second-order valence-corrected chi connectivity index (χ2v) is 4.05. The molecule has 0 aliphatic rings. The van der Waals surface area contributed by atoms with Crippen molar-refractivity contribution in [1.29, 1.82) is 0 Å². The van der Waals surface area contributed by atoms with E-state index in [1.54, 1.807) is 14.0 Å². The molecular formula is C13H18O2. The smallest absolute Gasteiger partial charge is 0.130 e. The van der Waals surface area contributed by atoms with Crippen LogP contribution in [0, 0.1) is 6.92 Å². The number of hydrogen-bond donors (Lipinski definition) is 0. The lowest BCUT2D eigenvalue weighted by atomic mass is 9.94. The summed E-state index contributed by atoms with van der Waals surface area (Å²) < 4.78 is 5.29. The number of aryl methyl sites for hydroxylation is 1. The molecule has 0 spiro atoms. The number of methoxy groups -OCH3 is 1. The Labute approximate surface area is 91.3 Å². The molecule has 1 aromatic carbocycles. The summed E-state index contributed by atoms with van der Waals surface area (Å²) in [6.07, 6.45) is 0.569. The fraction of sp³-hybridized carbons (Fsp3) is 0.462. The van der Waals surface area contributed by atoms with Crippen LogP contribution in [0.2, 0.25) is 0 Å². The van der Waals surface area contributed by atoms with Gasteiger partial charge in [-0.1, -0.05) is 24.6 Å². The SMILES string of the molecule is COc1ccc(C)cc1C(C)CC(C)=O. The molecular weight excluding hydrogens is 188 g/mol. The third-order valence-electron chi connectivity index (χ3n) is 2.51. The minimum absolute atomic E-state index is 0.214. The number of ketones is 1. The summed E-state index contributed by atoms with van der Waals surface area (Å²) in [5.74, 6) is 1.30. The number of hydrogen-bond acceptors (Lipinski definition) is 2. The van der Waals surface area contributed by atoms with Crippen molar-refractivity contribution in [3.8, 4) is 5.75 Å². The maximum Gasteiger partial charge on any atom is 0.130 e. The summed E-state index contributed by atoms with van der Waals surface area (Å²) in [5.41, 5.74) is 2.31. The lowest BCUT2D eigenvalue weighted by Crippen LogP contribution is -2.03. The molecule has 0 amide bonds. The van der Waals surface area contributed by atoms with Crippen LogP contribution in [-0.2, 0) is 4.79 Å². The molecule has 1 unspecified atom stereocenters. The third kappa shape index (κ3) is 3.08. The summed E-state index contributed by atoms with van der Waals surface area (Å²) in [6.45, 7) is 5.72. The van der Waals surface area contributed by atoms with Gasteiger partial charge in [0, 0.05) is 6.42 Å². The van der Waals surface area contributed by atoms with E-state index in [0.29, 0.717) is 6.42 Å². The van der Waals surface area contributed by atoms with Crippen LogP contribution in [-0.4, -0.2) is 12.9 Å². The zero-order chi connectivity index (χ0) is 11.4. The normalized spacial score (nSPS) is 12.3. The van der Waals surface area contributed by atoms with Crippen molar-refractivity contribution in [1.82, 2.24) is 0 Å². The molecule has 0 fully saturated rings. The lowest BCUT2D eigenvalue weighted by molar-refractivity contribution is -0.117. The van der Waals surface area contributed by atoms with Gasteiger partial charge >= 0.3 is 0 Å². The second kappa shape index (κ2) is 4.96. The maximum atomic E-state index is 11.1. The average Bonchev–Trinajstić information content (AvgIpc) is 2.16. The fourth-order valence-corrected chi connectivity index (χ4v) is 1.78. The Balaban J connectivity index is 2.99. The summed E-state index contributed by atoms with van der Waals surface area (Å²) >= 11 is 0. The number of benzene rings is 1. The largest absolute Gasteiger partial charge is 0.496 e.